The molecule has 1 heterocycles. The predicted molar refractivity (Wildman–Crippen MR) is 76.5 cm³/mol. The van der Waals surface area contributed by atoms with Crippen LogP contribution in [-0.4, -0.2) is 9.78 Å². The van der Waals surface area contributed by atoms with Crippen molar-refractivity contribution in [1.82, 2.24) is 9.78 Å². The minimum absolute atomic E-state index is 0.663. The lowest BCUT2D eigenvalue weighted by molar-refractivity contribution is 0.661. The van der Waals surface area contributed by atoms with Crippen LogP contribution in [0.4, 0.5) is 17.2 Å². The first-order valence-corrected chi connectivity index (χ1v) is 6.27. The molecule has 0 atom stereocenters. The molecular weight excluding hydrogens is 248 g/mol. The highest BCUT2D eigenvalue weighted by atomic mass is 35.5. The number of hydrogen-bond donors (Lipinski definition) is 2. The van der Waals surface area contributed by atoms with Crippen molar-refractivity contribution in [3.8, 4) is 0 Å². The van der Waals surface area contributed by atoms with Gasteiger partial charge in [0.2, 0.25) is 0 Å². The number of nitrogens with zero attached hydrogens (tertiary/aromatic N) is 2. The van der Waals surface area contributed by atoms with Crippen LogP contribution in [0, 0.1) is 13.8 Å². The molecule has 0 saturated heterocycles. The molecule has 5 heteroatoms. The summed E-state index contributed by atoms with van der Waals surface area (Å²) in [7, 11) is 0. The summed E-state index contributed by atoms with van der Waals surface area (Å²) >= 11 is 6.20. The number of benzene rings is 1. The van der Waals surface area contributed by atoms with Crippen LogP contribution in [0.25, 0.3) is 0 Å². The van der Waals surface area contributed by atoms with E-state index in [0.29, 0.717) is 10.7 Å². The number of nitrogen functional groups attached to an aromatic ring is 1. The summed E-state index contributed by atoms with van der Waals surface area (Å²) in [5.74, 6) is 0.797. The molecule has 1 aromatic heterocycles. The molecule has 0 amide bonds. The zero-order chi connectivity index (χ0) is 13.3. The molecule has 2 rings (SSSR count). The van der Waals surface area contributed by atoms with Gasteiger partial charge in [-0.15, -0.1) is 0 Å². The van der Waals surface area contributed by atoms with Gasteiger partial charge in [-0.25, -0.2) is 4.68 Å². The molecule has 0 aliphatic carbocycles. The molecule has 0 aliphatic heterocycles. The Morgan fingerprint density at radius 1 is 1.39 bits per heavy atom. The van der Waals surface area contributed by atoms with E-state index in [0.717, 1.165) is 29.3 Å². The fourth-order valence-corrected chi connectivity index (χ4v) is 2.13. The van der Waals surface area contributed by atoms with Gasteiger partial charge in [0.25, 0.3) is 0 Å². The van der Waals surface area contributed by atoms with Gasteiger partial charge >= 0.3 is 0 Å². The first-order chi connectivity index (χ1) is 8.54. The lowest BCUT2D eigenvalue weighted by Crippen LogP contribution is -2.05. The molecular formula is C13H17ClN4. The average molecular weight is 265 g/mol. The van der Waals surface area contributed by atoms with Gasteiger partial charge in [-0.1, -0.05) is 23.7 Å². The standard InChI is InChI=1S/C13H17ClN4/c1-4-18-13(11(15)9(3)17-18)16-12-8(2)6-5-7-10(12)14/h5-7,16H,4,15H2,1-3H3. The van der Waals surface area contributed by atoms with E-state index in [2.05, 4.69) is 10.4 Å². The summed E-state index contributed by atoms with van der Waals surface area (Å²) in [6, 6.07) is 5.78. The smallest absolute Gasteiger partial charge is 0.152 e. The maximum absolute atomic E-state index is 6.20. The minimum Gasteiger partial charge on any atom is -0.394 e. The third-order valence-electron chi connectivity index (χ3n) is 2.94. The maximum Gasteiger partial charge on any atom is 0.152 e. The van der Waals surface area contributed by atoms with Gasteiger partial charge in [-0.2, -0.15) is 5.10 Å². The van der Waals surface area contributed by atoms with Crippen LogP contribution in [-0.2, 0) is 6.54 Å². The molecule has 3 N–H and O–H groups in total. The Morgan fingerprint density at radius 3 is 2.72 bits per heavy atom. The second-order valence-corrected chi connectivity index (χ2v) is 4.63. The fourth-order valence-electron chi connectivity index (χ4n) is 1.86. The number of anilines is 3. The molecule has 1 aromatic carbocycles. The highest BCUT2D eigenvalue weighted by Crippen LogP contribution is 2.32. The molecule has 0 spiro atoms. The summed E-state index contributed by atoms with van der Waals surface area (Å²) in [4.78, 5) is 0. The van der Waals surface area contributed by atoms with Gasteiger partial charge in [0, 0.05) is 6.54 Å². The van der Waals surface area contributed by atoms with Crippen molar-refractivity contribution in [3.63, 3.8) is 0 Å². The van der Waals surface area contributed by atoms with Gasteiger partial charge in [-0.05, 0) is 32.4 Å². The van der Waals surface area contributed by atoms with Crippen LogP contribution < -0.4 is 11.1 Å². The van der Waals surface area contributed by atoms with Gasteiger partial charge in [0.05, 0.1) is 22.1 Å². The van der Waals surface area contributed by atoms with Crippen molar-refractivity contribution in [1.29, 1.82) is 0 Å². The van der Waals surface area contributed by atoms with Crippen molar-refractivity contribution >= 4 is 28.8 Å². The monoisotopic (exact) mass is 264 g/mol. The van der Waals surface area contributed by atoms with Gasteiger partial charge in [0.1, 0.15) is 0 Å². The molecule has 0 fully saturated rings. The fraction of sp³-hybridized carbons (Fsp3) is 0.308. The molecule has 0 aliphatic rings. The number of hydrogen-bond acceptors (Lipinski definition) is 3. The van der Waals surface area contributed by atoms with Crippen molar-refractivity contribution in [2.75, 3.05) is 11.1 Å². The molecule has 0 radical (unpaired) electrons. The SMILES string of the molecule is CCn1nc(C)c(N)c1Nc1c(C)cccc1Cl. The van der Waals surface area contributed by atoms with Gasteiger partial charge in [0.15, 0.2) is 5.82 Å². The lowest BCUT2D eigenvalue weighted by Gasteiger charge is -2.13. The van der Waals surface area contributed by atoms with Crippen LogP contribution in [0.3, 0.4) is 0 Å². The Bertz CT molecular complexity index is 554. The van der Waals surface area contributed by atoms with Crippen LogP contribution >= 0.6 is 11.6 Å². The summed E-state index contributed by atoms with van der Waals surface area (Å²) < 4.78 is 1.84. The van der Waals surface area contributed by atoms with Crippen molar-refractivity contribution in [2.24, 2.45) is 0 Å². The number of aromatic nitrogens is 2. The molecule has 0 bridgehead atoms. The first kappa shape index (κ1) is 12.8. The highest BCUT2D eigenvalue weighted by Gasteiger charge is 2.13. The molecule has 0 unspecified atom stereocenters. The molecule has 0 saturated carbocycles. The van der Waals surface area contributed by atoms with Crippen LogP contribution in [0.5, 0.6) is 0 Å². The Labute approximate surface area is 112 Å². The summed E-state index contributed by atoms with van der Waals surface area (Å²) in [6.07, 6.45) is 0. The number of para-hydroxylation sites is 1. The zero-order valence-corrected chi connectivity index (χ0v) is 11.5. The number of nitrogens with two attached hydrogens (primary N) is 1. The predicted octanol–water partition coefficient (Wildman–Crippen LogP) is 3.50. The summed E-state index contributed by atoms with van der Waals surface area (Å²) in [5, 5.41) is 8.34. The molecule has 18 heavy (non-hydrogen) atoms. The number of rotatable bonds is 3. The van der Waals surface area contributed by atoms with Gasteiger partial charge in [-0.3, -0.25) is 0 Å². The Kier molecular flexibility index (Phi) is 3.48. The first-order valence-electron chi connectivity index (χ1n) is 5.89. The quantitative estimate of drug-likeness (QED) is 0.892. The topological polar surface area (TPSA) is 55.9 Å². The van der Waals surface area contributed by atoms with Crippen LogP contribution in [0.15, 0.2) is 18.2 Å². The Morgan fingerprint density at radius 2 is 2.11 bits per heavy atom. The summed E-state index contributed by atoms with van der Waals surface area (Å²) in [5.41, 5.74) is 9.47. The third kappa shape index (κ3) is 2.16. The van der Waals surface area contributed by atoms with Crippen molar-refractivity contribution in [3.05, 3.63) is 34.5 Å². The highest BCUT2D eigenvalue weighted by molar-refractivity contribution is 6.33. The molecule has 4 nitrogen and oxygen atoms in total. The van der Waals surface area contributed by atoms with Crippen LogP contribution in [0.2, 0.25) is 5.02 Å². The van der Waals surface area contributed by atoms with E-state index in [1.54, 1.807) is 0 Å². The largest absolute Gasteiger partial charge is 0.394 e. The maximum atomic E-state index is 6.20. The van der Waals surface area contributed by atoms with E-state index < -0.39 is 0 Å². The average Bonchev–Trinajstić information content (AvgIpc) is 2.61. The minimum atomic E-state index is 0.663. The third-order valence-corrected chi connectivity index (χ3v) is 3.25. The summed E-state index contributed by atoms with van der Waals surface area (Å²) in [6.45, 7) is 6.68. The Balaban J connectivity index is 2.46. The second-order valence-electron chi connectivity index (χ2n) is 4.22. The van der Waals surface area contributed by atoms with E-state index in [9.17, 15) is 0 Å². The Hall–Kier alpha value is -1.68. The van der Waals surface area contributed by atoms with Gasteiger partial charge < -0.3 is 11.1 Å². The lowest BCUT2D eigenvalue weighted by atomic mass is 10.2. The van der Waals surface area contributed by atoms with E-state index in [1.165, 1.54) is 0 Å². The van der Waals surface area contributed by atoms with E-state index in [4.69, 9.17) is 17.3 Å². The van der Waals surface area contributed by atoms with Crippen molar-refractivity contribution < 1.29 is 0 Å². The zero-order valence-electron chi connectivity index (χ0n) is 10.8. The number of nitrogens with one attached hydrogen (secondary N) is 1. The van der Waals surface area contributed by atoms with E-state index in [-0.39, 0.29) is 0 Å². The second kappa shape index (κ2) is 4.90. The molecule has 96 valence electrons. The number of halogens is 1. The van der Waals surface area contributed by atoms with E-state index in [1.807, 2.05) is 43.7 Å². The normalized spacial score (nSPS) is 10.7. The van der Waals surface area contributed by atoms with Crippen LogP contribution in [0.1, 0.15) is 18.2 Å². The van der Waals surface area contributed by atoms with Crippen molar-refractivity contribution in [2.45, 2.75) is 27.3 Å². The number of aryl methyl sites for hydroxylation is 3. The molecule has 2 aromatic rings. The van der Waals surface area contributed by atoms with E-state index >= 15 is 0 Å².